The zero-order chi connectivity index (χ0) is 27.3. The lowest BCUT2D eigenvalue weighted by molar-refractivity contribution is -0.384. The summed E-state index contributed by atoms with van der Waals surface area (Å²) >= 11 is 0. The molecule has 38 heavy (non-hydrogen) atoms. The van der Waals surface area contributed by atoms with Crippen molar-refractivity contribution >= 4 is 17.8 Å². The van der Waals surface area contributed by atoms with Crippen LogP contribution in [0.5, 0.6) is 23.0 Å². The highest BCUT2D eigenvalue weighted by Gasteiger charge is 2.12. The van der Waals surface area contributed by atoms with Crippen molar-refractivity contribution in [3.05, 3.63) is 100 Å². The maximum absolute atomic E-state index is 12.6. The van der Waals surface area contributed by atoms with Crippen LogP contribution in [-0.4, -0.2) is 36.9 Å². The Kier molecular flexibility index (Phi) is 10.2. The van der Waals surface area contributed by atoms with E-state index in [0.29, 0.717) is 53.9 Å². The number of nitrogens with zero attached hydrogens (tertiary/aromatic N) is 2. The summed E-state index contributed by atoms with van der Waals surface area (Å²) in [6, 6.07) is 16.3. The fraction of sp³-hybridized carbons (Fsp3) is 0.214. The van der Waals surface area contributed by atoms with E-state index in [2.05, 4.69) is 17.1 Å². The summed E-state index contributed by atoms with van der Waals surface area (Å²) in [5.41, 5.74) is 4.34. The van der Waals surface area contributed by atoms with Gasteiger partial charge in [0.2, 0.25) is 0 Å². The molecule has 1 N–H and O–H groups in total. The quantitative estimate of drug-likeness (QED) is 0.133. The van der Waals surface area contributed by atoms with Crippen molar-refractivity contribution in [3.8, 4) is 23.0 Å². The van der Waals surface area contributed by atoms with Crippen LogP contribution in [0.3, 0.4) is 0 Å². The first-order valence-electron chi connectivity index (χ1n) is 11.9. The molecule has 0 saturated heterocycles. The number of amides is 1. The predicted molar refractivity (Wildman–Crippen MR) is 143 cm³/mol. The van der Waals surface area contributed by atoms with E-state index in [4.69, 9.17) is 18.9 Å². The first-order chi connectivity index (χ1) is 18.4. The molecule has 0 radical (unpaired) electrons. The zero-order valence-corrected chi connectivity index (χ0v) is 21.2. The van der Waals surface area contributed by atoms with Crippen molar-refractivity contribution in [1.29, 1.82) is 0 Å². The molecule has 0 heterocycles. The molecule has 0 atom stereocenters. The Hall–Kier alpha value is -4.86. The van der Waals surface area contributed by atoms with E-state index < -0.39 is 10.8 Å². The lowest BCUT2D eigenvalue weighted by atomic mass is 10.2. The first-order valence-corrected chi connectivity index (χ1v) is 11.9. The highest BCUT2D eigenvalue weighted by molar-refractivity contribution is 5.95. The van der Waals surface area contributed by atoms with Gasteiger partial charge in [-0.15, -0.1) is 0 Å². The van der Waals surface area contributed by atoms with Gasteiger partial charge in [-0.1, -0.05) is 12.7 Å². The van der Waals surface area contributed by atoms with Crippen LogP contribution in [0.4, 0.5) is 5.69 Å². The Morgan fingerprint density at radius 1 is 0.921 bits per heavy atom. The summed E-state index contributed by atoms with van der Waals surface area (Å²) in [6.07, 6.45) is 3.12. The Morgan fingerprint density at radius 3 is 2.24 bits per heavy atom. The number of nitrogens with one attached hydrogen (secondary N) is 1. The lowest BCUT2D eigenvalue weighted by Gasteiger charge is -2.13. The fourth-order valence-corrected chi connectivity index (χ4v) is 3.28. The molecule has 1 amide bonds. The average Bonchev–Trinajstić information content (AvgIpc) is 2.92. The van der Waals surface area contributed by atoms with Crippen LogP contribution in [0.2, 0.25) is 0 Å². The van der Waals surface area contributed by atoms with Crippen LogP contribution in [0.25, 0.3) is 0 Å². The average molecular weight is 520 g/mol. The molecule has 0 spiro atoms. The number of ether oxygens (including phenoxy) is 4. The van der Waals surface area contributed by atoms with Crippen molar-refractivity contribution in [3.63, 3.8) is 0 Å². The Balaban J connectivity index is 1.65. The molecule has 0 unspecified atom stereocenters. The molecule has 0 aromatic heterocycles. The number of hydrogen-bond donors (Lipinski definition) is 1. The highest BCUT2D eigenvalue weighted by Crippen LogP contribution is 2.30. The number of carbonyl (C=O) groups is 1. The number of nitro benzene ring substituents is 1. The normalized spacial score (nSPS) is 10.6. The maximum Gasteiger partial charge on any atom is 0.271 e. The second-order valence-corrected chi connectivity index (χ2v) is 7.74. The third kappa shape index (κ3) is 7.82. The van der Waals surface area contributed by atoms with Crippen molar-refractivity contribution in [2.45, 2.75) is 20.5 Å². The van der Waals surface area contributed by atoms with Gasteiger partial charge in [0.25, 0.3) is 11.6 Å². The van der Waals surface area contributed by atoms with Gasteiger partial charge in [-0.05, 0) is 73.5 Å². The Labute approximate surface area is 220 Å². The van der Waals surface area contributed by atoms with Gasteiger partial charge < -0.3 is 18.9 Å². The molecular formula is C28H29N3O7. The summed E-state index contributed by atoms with van der Waals surface area (Å²) in [5.74, 6) is 1.57. The minimum Gasteiger partial charge on any atom is -0.490 e. The van der Waals surface area contributed by atoms with Crippen LogP contribution >= 0.6 is 0 Å². The van der Waals surface area contributed by atoms with Crippen molar-refractivity contribution in [2.75, 3.05) is 19.8 Å². The molecular weight excluding hydrogens is 490 g/mol. The SMILES string of the molecule is C=CCOc1ccc(C(=O)N/N=C/c2ccc(OCc3ccc([N+](=O)[O-])cc3)c(OCC)c2)cc1OCC. The van der Waals surface area contributed by atoms with Crippen LogP contribution in [-0.2, 0) is 6.61 Å². The summed E-state index contributed by atoms with van der Waals surface area (Å²) < 4.78 is 22.7. The molecule has 10 nitrogen and oxygen atoms in total. The molecule has 3 aromatic rings. The monoisotopic (exact) mass is 519 g/mol. The molecule has 0 bridgehead atoms. The second kappa shape index (κ2) is 14.0. The lowest BCUT2D eigenvalue weighted by Crippen LogP contribution is -2.17. The van der Waals surface area contributed by atoms with Gasteiger partial charge in [0, 0.05) is 17.7 Å². The topological polar surface area (TPSA) is 122 Å². The van der Waals surface area contributed by atoms with Crippen molar-refractivity contribution in [2.24, 2.45) is 5.10 Å². The maximum atomic E-state index is 12.6. The number of hydrogen-bond acceptors (Lipinski definition) is 8. The molecule has 3 aromatic carbocycles. The van der Waals surface area contributed by atoms with E-state index in [0.717, 1.165) is 5.56 Å². The van der Waals surface area contributed by atoms with Gasteiger partial charge in [0.15, 0.2) is 23.0 Å². The summed E-state index contributed by atoms with van der Waals surface area (Å²) in [4.78, 5) is 23.0. The Morgan fingerprint density at radius 2 is 1.58 bits per heavy atom. The van der Waals surface area contributed by atoms with Gasteiger partial charge in [-0.2, -0.15) is 5.10 Å². The number of rotatable bonds is 14. The minimum absolute atomic E-state index is 0.0174. The summed E-state index contributed by atoms with van der Waals surface area (Å²) in [6.45, 7) is 8.69. The standard InChI is InChI=1S/C28H29N3O7/c1-4-15-37-24-14-10-22(17-27(24)36-6-3)28(32)30-29-18-21-9-13-25(26(16-21)35-5-2)38-19-20-7-11-23(12-8-20)31(33)34/h4,7-14,16-18H,1,5-6,15,19H2,2-3H3,(H,30,32)/b29-18+. The third-order valence-electron chi connectivity index (χ3n) is 5.05. The van der Waals surface area contributed by atoms with Crippen LogP contribution in [0, 0.1) is 10.1 Å². The predicted octanol–water partition coefficient (Wildman–Crippen LogP) is 5.30. The number of carbonyl (C=O) groups excluding carboxylic acids is 1. The van der Waals surface area contributed by atoms with Crippen LogP contribution in [0.15, 0.2) is 78.4 Å². The minimum atomic E-state index is -0.450. The highest BCUT2D eigenvalue weighted by atomic mass is 16.6. The van der Waals surface area contributed by atoms with E-state index in [-0.39, 0.29) is 12.3 Å². The number of nitro groups is 1. The Bertz CT molecular complexity index is 1290. The molecule has 0 saturated carbocycles. The molecule has 0 aliphatic heterocycles. The fourth-order valence-electron chi connectivity index (χ4n) is 3.28. The summed E-state index contributed by atoms with van der Waals surface area (Å²) in [5, 5.41) is 14.9. The van der Waals surface area contributed by atoms with E-state index in [1.165, 1.54) is 18.3 Å². The van der Waals surface area contributed by atoms with Gasteiger partial charge >= 0.3 is 0 Å². The molecule has 0 aliphatic rings. The van der Waals surface area contributed by atoms with Crippen LogP contribution in [0.1, 0.15) is 35.3 Å². The van der Waals surface area contributed by atoms with E-state index in [1.54, 1.807) is 54.6 Å². The first kappa shape index (κ1) is 27.7. The molecule has 198 valence electrons. The molecule has 0 aliphatic carbocycles. The number of non-ortho nitro benzene ring substituents is 1. The number of benzene rings is 3. The van der Waals surface area contributed by atoms with Gasteiger partial charge in [-0.25, -0.2) is 5.43 Å². The molecule has 3 rings (SSSR count). The number of hydrazone groups is 1. The molecule has 0 fully saturated rings. The summed E-state index contributed by atoms with van der Waals surface area (Å²) in [7, 11) is 0. The van der Waals surface area contributed by atoms with Crippen molar-refractivity contribution in [1.82, 2.24) is 5.43 Å². The van der Waals surface area contributed by atoms with Crippen LogP contribution < -0.4 is 24.4 Å². The van der Waals surface area contributed by atoms with E-state index in [9.17, 15) is 14.9 Å². The third-order valence-corrected chi connectivity index (χ3v) is 5.05. The van der Waals surface area contributed by atoms with Gasteiger partial charge in [0.05, 0.1) is 24.4 Å². The van der Waals surface area contributed by atoms with Gasteiger partial charge in [0.1, 0.15) is 13.2 Å². The largest absolute Gasteiger partial charge is 0.490 e. The smallest absolute Gasteiger partial charge is 0.271 e. The second-order valence-electron chi connectivity index (χ2n) is 7.74. The van der Waals surface area contributed by atoms with Gasteiger partial charge in [-0.3, -0.25) is 14.9 Å². The van der Waals surface area contributed by atoms with E-state index >= 15 is 0 Å². The van der Waals surface area contributed by atoms with Crippen molar-refractivity contribution < 1.29 is 28.7 Å². The zero-order valence-electron chi connectivity index (χ0n) is 21.2. The molecule has 10 heteroatoms. The van der Waals surface area contributed by atoms with E-state index in [1.807, 2.05) is 13.8 Å².